The van der Waals surface area contributed by atoms with Crippen LogP contribution in [0, 0.1) is 18.3 Å². The van der Waals surface area contributed by atoms with Gasteiger partial charge in [-0.3, -0.25) is 19.1 Å². The molecule has 3 amide bonds. The molecular weight excluding hydrogens is 540 g/mol. The number of aromatic nitrogens is 4. The summed E-state index contributed by atoms with van der Waals surface area (Å²) in [6.45, 7) is 6.49. The van der Waals surface area contributed by atoms with Crippen molar-refractivity contribution in [2.45, 2.75) is 25.8 Å². The summed E-state index contributed by atoms with van der Waals surface area (Å²) in [5.74, 6) is -0.562. The number of hydrogen-bond donors (Lipinski definition) is 3. The lowest BCUT2D eigenvalue weighted by Crippen LogP contribution is -2.39. The predicted molar refractivity (Wildman–Crippen MR) is 155 cm³/mol. The van der Waals surface area contributed by atoms with Gasteiger partial charge in [-0.15, -0.1) is 0 Å². The quantitative estimate of drug-likeness (QED) is 0.241. The Morgan fingerprint density at radius 2 is 2.10 bits per heavy atom. The van der Waals surface area contributed by atoms with Crippen LogP contribution in [0.1, 0.15) is 45.2 Å². The van der Waals surface area contributed by atoms with Gasteiger partial charge < -0.3 is 30.9 Å². The van der Waals surface area contributed by atoms with Crippen LogP contribution in [0.2, 0.25) is 0 Å². The third kappa shape index (κ3) is 6.47. The van der Waals surface area contributed by atoms with Gasteiger partial charge in [0, 0.05) is 38.1 Å². The molecule has 3 heterocycles. The Labute approximate surface area is 242 Å². The van der Waals surface area contributed by atoms with Crippen LogP contribution in [-0.4, -0.2) is 81.1 Å². The van der Waals surface area contributed by atoms with Crippen molar-refractivity contribution in [3.63, 3.8) is 0 Å². The number of rotatable bonds is 10. The normalized spacial score (nSPS) is 14.4. The minimum atomic E-state index is -0.741. The molecule has 3 aromatic rings. The monoisotopic (exact) mass is 572 g/mol. The fourth-order valence-corrected chi connectivity index (χ4v) is 4.67. The molecule has 0 aliphatic carbocycles. The Morgan fingerprint density at radius 3 is 2.79 bits per heavy atom. The van der Waals surface area contributed by atoms with Crippen LogP contribution in [0.15, 0.2) is 43.4 Å². The summed E-state index contributed by atoms with van der Waals surface area (Å²) in [4.78, 5) is 48.8. The van der Waals surface area contributed by atoms with Gasteiger partial charge in [-0.25, -0.2) is 4.98 Å². The van der Waals surface area contributed by atoms with E-state index in [1.165, 1.54) is 31.3 Å². The number of hydrogen-bond acceptors (Lipinski definition) is 10. The van der Waals surface area contributed by atoms with E-state index in [-0.39, 0.29) is 41.7 Å². The second-order valence-electron chi connectivity index (χ2n) is 9.75. The number of methoxy groups -OCH3 is 1. The van der Waals surface area contributed by atoms with Crippen molar-refractivity contribution >= 4 is 40.9 Å². The first kappa shape index (κ1) is 29.5. The highest BCUT2D eigenvalue weighted by Gasteiger charge is 2.24. The molecule has 42 heavy (non-hydrogen) atoms. The van der Waals surface area contributed by atoms with Gasteiger partial charge in [-0.2, -0.15) is 15.3 Å². The summed E-state index contributed by atoms with van der Waals surface area (Å²) >= 11 is 0. The number of nitrogens with two attached hydrogens (primary N) is 1. The first-order valence-corrected chi connectivity index (χ1v) is 13.1. The van der Waals surface area contributed by atoms with E-state index >= 15 is 0 Å². The van der Waals surface area contributed by atoms with Gasteiger partial charge in [-0.05, 0) is 43.5 Å². The number of nitriles is 1. The third-order valence-electron chi connectivity index (χ3n) is 6.83. The highest BCUT2D eigenvalue weighted by molar-refractivity contribution is 5.99. The van der Waals surface area contributed by atoms with Crippen molar-refractivity contribution in [2.75, 3.05) is 44.4 Å². The zero-order chi connectivity index (χ0) is 30.4. The lowest BCUT2D eigenvalue weighted by molar-refractivity contribution is -0.127. The number of likely N-dealkylation sites (tertiary alicyclic amines) is 1. The fraction of sp³-hybridized carbons (Fsp3) is 0.321. The van der Waals surface area contributed by atoms with Gasteiger partial charge >= 0.3 is 0 Å². The van der Waals surface area contributed by atoms with Crippen molar-refractivity contribution < 1.29 is 19.1 Å². The average molecular weight is 573 g/mol. The summed E-state index contributed by atoms with van der Waals surface area (Å²) in [7, 11) is 2.98. The number of nitrogens with zero attached hydrogens (tertiary/aromatic N) is 7. The summed E-state index contributed by atoms with van der Waals surface area (Å²) in [6, 6.07) is 5.15. The summed E-state index contributed by atoms with van der Waals surface area (Å²) in [5.41, 5.74) is 7.68. The first-order valence-electron chi connectivity index (χ1n) is 13.1. The van der Waals surface area contributed by atoms with Crippen molar-refractivity contribution in [3.8, 4) is 11.8 Å². The maximum atomic E-state index is 12.7. The number of anilines is 4. The second kappa shape index (κ2) is 12.8. The lowest BCUT2D eigenvalue weighted by atomic mass is 10.1. The molecule has 0 bridgehead atoms. The van der Waals surface area contributed by atoms with E-state index in [9.17, 15) is 14.4 Å². The van der Waals surface area contributed by atoms with E-state index in [1.807, 2.05) is 6.07 Å². The molecule has 1 atom stereocenters. The summed E-state index contributed by atoms with van der Waals surface area (Å²) in [6.07, 6.45) is 7.78. The number of carbonyl (C=O) groups is 3. The number of primary amides is 1. The standard InChI is InChI=1S/C28H32N10O4/c1-5-23(39)37-9-6-7-20(16-37)38-15-19(13-32-38)33-28-31-14-21(25(30)40)26(35-28)34-24-17(2)11-18(12-22(24)42-4)27(41)36(3)10-8-29/h5,11-15,20H,1,6-7,9-10,16H2,2-4H3,(H2,30,40)(H2,31,33,34,35). The molecule has 4 N–H and O–H groups in total. The van der Waals surface area contributed by atoms with Gasteiger partial charge in [0.15, 0.2) is 0 Å². The van der Waals surface area contributed by atoms with Crippen molar-refractivity contribution in [3.05, 3.63) is 60.1 Å². The second-order valence-corrected chi connectivity index (χ2v) is 9.75. The van der Waals surface area contributed by atoms with E-state index < -0.39 is 5.91 Å². The van der Waals surface area contributed by atoms with Gasteiger partial charge in [0.05, 0.1) is 36.8 Å². The minimum absolute atomic E-state index is 0.0126. The summed E-state index contributed by atoms with van der Waals surface area (Å²) in [5, 5.41) is 19.6. The molecule has 1 saturated heterocycles. The maximum absolute atomic E-state index is 12.7. The van der Waals surface area contributed by atoms with Crippen LogP contribution < -0.4 is 21.1 Å². The summed E-state index contributed by atoms with van der Waals surface area (Å²) < 4.78 is 7.33. The third-order valence-corrected chi connectivity index (χ3v) is 6.83. The number of amides is 3. The highest BCUT2D eigenvalue weighted by atomic mass is 16.5. The highest BCUT2D eigenvalue weighted by Crippen LogP contribution is 2.34. The smallest absolute Gasteiger partial charge is 0.254 e. The van der Waals surface area contributed by atoms with Crippen LogP contribution >= 0.6 is 0 Å². The predicted octanol–water partition coefficient (Wildman–Crippen LogP) is 2.52. The van der Waals surface area contributed by atoms with Gasteiger partial charge in [-0.1, -0.05) is 6.58 Å². The molecule has 1 fully saturated rings. The Balaban J connectivity index is 1.58. The van der Waals surface area contributed by atoms with Gasteiger partial charge in [0.25, 0.3) is 11.8 Å². The van der Waals surface area contributed by atoms with Crippen LogP contribution in [-0.2, 0) is 4.79 Å². The van der Waals surface area contributed by atoms with Crippen LogP contribution in [0.25, 0.3) is 0 Å². The number of aryl methyl sites for hydroxylation is 1. The van der Waals surface area contributed by atoms with E-state index in [0.717, 1.165) is 12.8 Å². The molecule has 14 nitrogen and oxygen atoms in total. The topological polar surface area (TPSA) is 184 Å². The number of nitrogens with one attached hydrogen (secondary N) is 2. The average Bonchev–Trinajstić information content (AvgIpc) is 3.45. The van der Waals surface area contributed by atoms with Gasteiger partial charge in [0.2, 0.25) is 11.9 Å². The molecule has 1 aromatic carbocycles. The van der Waals surface area contributed by atoms with E-state index in [2.05, 4.69) is 32.3 Å². The van der Waals surface area contributed by atoms with Crippen LogP contribution in [0.3, 0.4) is 0 Å². The number of piperidine rings is 1. The molecular formula is C28H32N10O4. The molecule has 0 spiro atoms. The van der Waals surface area contributed by atoms with E-state index in [0.29, 0.717) is 41.3 Å². The maximum Gasteiger partial charge on any atom is 0.254 e. The number of carbonyl (C=O) groups excluding carboxylic acids is 3. The fourth-order valence-electron chi connectivity index (χ4n) is 4.67. The zero-order valence-electron chi connectivity index (χ0n) is 23.6. The Bertz CT molecular complexity index is 1560. The molecule has 4 rings (SSSR count). The van der Waals surface area contributed by atoms with E-state index in [1.54, 1.807) is 41.0 Å². The molecule has 1 unspecified atom stereocenters. The molecule has 0 radical (unpaired) electrons. The Hall–Kier alpha value is -5.45. The van der Waals surface area contributed by atoms with Crippen LogP contribution in [0.4, 0.5) is 23.1 Å². The molecule has 2 aromatic heterocycles. The Morgan fingerprint density at radius 1 is 1.31 bits per heavy atom. The Kier molecular flexibility index (Phi) is 9.01. The molecule has 14 heteroatoms. The molecule has 1 aliphatic rings. The number of ether oxygens (including phenoxy) is 1. The van der Waals surface area contributed by atoms with Crippen LogP contribution in [0.5, 0.6) is 5.75 Å². The number of benzene rings is 1. The largest absolute Gasteiger partial charge is 0.495 e. The minimum Gasteiger partial charge on any atom is -0.495 e. The van der Waals surface area contributed by atoms with Crippen molar-refractivity contribution in [1.82, 2.24) is 29.5 Å². The zero-order valence-corrected chi connectivity index (χ0v) is 23.6. The molecule has 218 valence electrons. The van der Waals surface area contributed by atoms with Crippen molar-refractivity contribution in [2.24, 2.45) is 5.73 Å². The van der Waals surface area contributed by atoms with Gasteiger partial charge in [0.1, 0.15) is 23.7 Å². The SMILES string of the molecule is C=CC(=O)N1CCCC(n2cc(Nc3ncc(C(N)=O)c(Nc4c(C)cc(C(=O)N(C)CC#N)cc4OC)n3)cn2)C1. The molecule has 0 saturated carbocycles. The molecule has 1 aliphatic heterocycles. The van der Waals surface area contributed by atoms with Crippen molar-refractivity contribution in [1.29, 1.82) is 5.26 Å². The van der Waals surface area contributed by atoms with E-state index in [4.69, 9.17) is 15.7 Å². The lowest BCUT2D eigenvalue weighted by Gasteiger charge is -2.32. The first-order chi connectivity index (χ1) is 20.1.